The molecule has 366 valence electrons. The molecule has 0 N–H and O–H groups in total. The van der Waals surface area contributed by atoms with Gasteiger partial charge >= 0.3 is 0 Å². The molecule has 1 aliphatic heterocycles. The van der Waals surface area contributed by atoms with Crippen molar-refractivity contribution >= 4 is 44.6 Å². The van der Waals surface area contributed by atoms with E-state index in [4.69, 9.17) is 9.72 Å². The first-order valence-corrected chi connectivity index (χ1v) is 25.9. The monoisotopic (exact) mass is 1120 g/mol. The average Bonchev–Trinajstić information content (AvgIpc) is 3.87. The summed E-state index contributed by atoms with van der Waals surface area (Å²) >= 11 is 0. The van der Waals surface area contributed by atoms with E-state index in [2.05, 4.69) is 228 Å². The molecule has 4 aliphatic carbocycles. The van der Waals surface area contributed by atoms with Crippen LogP contribution in [0.4, 0.5) is 22.7 Å². The average molecular weight is 1120 g/mol. The van der Waals surface area contributed by atoms with Crippen molar-refractivity contribution in [2.75, 3.05) is 35.8 Å². The van der Waals surface area contributed by atoms with Crippen molar-refractivity contribution in [3.05, 3.63) is 174 Å². The second-order valence-corrected chi connectivity index (χ2v) is 22.3. The second-order valence-electron chi connectivity index (χ2n) is 22.3. The first-order valence-electron chi connectivity index (χ1n) is 25.9. The molecule has 0 spiro atoms. The van der Waals surface area contributed by atoms with Gasteiger partial charge in [-0.3, -0.25) is 0 Å². The molecule has 4 saturated carbocycles. The van der Waals surface area contributed by atoms with Crippen molar-refractivity contribution in [1.29, 1.82) is 0 Å². The van der Waals surface area contributed by atoms with Gasteiger partial charge in [-0.1, -0.05) is 102 Å². The minimum absolute atomic E-state index is 0. The molecule has 4 fully saturated rings. The van der Waals surface area contributed by atoms with Crippen LogP contribution in [-0.2, 0) is 26.5 Å². The van der Waals surface area contributed by atoms with Crippen molar-refractivity contribution in [2.45, 2.75) is 96.8 Å². The number of anilines is 4. The number of rotatable bonds is 11. The number of aromatic nitrogens is 2. The van der Waals surface area contributed by atoms with Gasteiger partial charge in [-0.25, -0.2) is 4.98 Å². The molecule has 6 nitrogen and oxygen atoms in total. The van der Waals surface area contributed by atoms with Gasteiger partial charge in [0.05, 0.1) is 0 Å². The first kappa shape index (κ1) is 47.5. The van der Waals surface area contributed by atoms with E-state index in [1.807, 2.05) is 0 Å². The normalized spacial score (nSPS) is 21.2. The van der Waals surface area contributed by atoms with Crippen LogP contribution in [-0.4, -0.2) is 30.7 Å². The SMILES string of the molecule is CC(C)c1cc(C(C)C)c(-c2cc(Oc3[c-]c4c(cc3)c3ccccc3n4-c3cc(C4(c5ccc(N(C)C)cc5)C5CC6CC(C5)CC4C6)ccn3)[c-]c(N3[CH-]N(C)c4ccccc43)c2)c(C(C)C)c1.[Pt]. The molecule has 7 heteroatoms. The van der Waals surface area contributed by atoms with Gasteiger partial charge in [0, 0.05) is 80.9 Å². The number of fused-ring (bicyclic) bond motifs is 4. The third kappa shape index (κ3) is 7.90. The summed E-state index contributed by atoms with van der Waals surface area (Å²) in [5.74, 6) is 6.19. The summed E-state index contributed by atoms with van der Waals surface area (Å²) in [6, 6.07) is 52.9. The van der Waals surface area contributed by atoms with E-state index in [-0.39, 0.29) is 26.5 Å². The summed E-state index contributed by atoms with van der Waals surface area (Å²) in [4.78, 5) is 11.9. The Morgan fingerprint density at radius 3 is 1.99 bits per heavy atom. The van der Waals surface area contributed by atoms with Crippen LogP contribution < -0.4 is 19.4 Å². The summed E-state index contributed by atoms with van der Waals surface area (Å²) in [5.41, 5.74) is 15.8. The van der Waals surface area contributed by atoms with Gasteiger partial charge < -0.3 is 24.0 Å². The molecule has 6 aromatic carbocycles. The maximum absolute atomic E-state index is 7.09. The topological polar surface area (TPSA) is 36.8 Å². The minimum Gasteiger partial charge on any atom is -0.509 e. The van der Waals surface area contributed by atoms with Crippen molar-refractivity contribution < 1.29 is 25.8 Å². The predicted octanol–water partition coefficient (Wildman–Crippen LogP) is 16.1. The van der Waals surface area contributed by atoms with Gasteiger partial charge in [0.15, 0.2) is 0 Å². The van der Waals surface area contributed by atoms with E-state index in [1.165, 1.54) is 76.6 Å². The fraction of sp³-hybridized carbons (Fsp3) is 0.344. The van der Waals surface area contributed by atoms with Gasteiger partial charge in [-0.05, 0) is 162 Å². The molecule has 13 rings (SSSR count). The molecule has 0 radical (unpaired) electrons. The van der Waals surface area contributed by atoms with E-state index in [0.717, 1.165) is 56.7 Å². The van der Waals surface area contributed by atoms with Gasteiger partial charge in [-0.2, -0.15) is 12.7 Å². The van der Waals surface area contributed by atoms with Crippen LogP contribution in [0.3, 0.4) is 0 Å². The Labute approximate surface area is 436 Å². The maximum Gasteiger partial charge on any atom is 0.135 e. The minimum atomic E-state index is -0.0622. The fourth-order valence-corrected chi connectivity index (χ4v) is 13.8. The molecule has 71 heavy (non-hydrogen) atoms. The number of para-hydroxylation sites is 3. The molecule has 5 aliphatic rings. The standard InChI is InChI=1S/C64H66N5O.Pt/c1-39(2)44-33-56(40(3)4)63(57(34-44)41(5)6)45-31-51(68-38-67(9)59-16-12-13-17-60(59)68)36-53(32-45)70-52-22-23-55-54-14-10-11-15-58(54)69(61(55)37-52)62-35-47(24-25-65-62)64(46-18-20-50(21-19-46)66(7)8)48-27-42-26-43(29-48)30-49(64)28-42;/h10-25,31-35,38-43,48-49H,26-30H2,1-9H3;/q-3;. The second kappa shape index (κ2) is 18.3. The Morgan fingerprint density at radius 1 is 0.662 bits per heavy atom. The maximum atomic E-state index is 7.09. The summed E-state index contributed by atoms with van der Waals surface area (Å²) in [6.07, 6.45) is 8.73. The van der Waals surface area contributed by atoms with Crippen LogP contribution in [0, 0.1) is 42.5 Å². The quantitative estimate of drug-likeness (QED) is 0.121. The molecule has 2 aromatic heterocycles. The van der Waals surface area contributed by atoms with Crippen LogP contribution in [0.25, 0.3) is 38.8 Å². The van der Waals surface area contributed by atoms with Crippen molar-refractivity contribution in [2.24, 2.45) is 23.7 Å². The summed E-state index contributed by atoms with van der Waals surface area (Å²) < 4.78 is 9.43. The molecular weight excluding hydrogens is 1050 g/mol. The van der Waals surface area contributed by atoms with Crippen molar-refractivity contribution in [3.63, 3.8) is 0 Å². The van der Waals surface area contributed by atoms with Crippen LogP contribution in [0.1, 0.15) is 119 Å². The van der Waals surface area contributed by atoms with Crippen LogP contribution in [0.15, 0.2) is 128 Å². The smallest absolute Gasteiger partial charge is 0.135 e. The molecule has 8 aromatic rings. The summed E-state index contributed by atoms with van der Waals surface area (Å²) in [6.45, 7) is 16.0. The summed E-state index contributed by atoms with van der Waals surface area (Å²) in [7, 11) is 6.38. The number of nitrogens with zero attached hydrogens (tertiary/aromatic N) is 5. The van der Waals surface area contributed by atoms with E-state index in [1.54, 1.807) is 0 Å². The Kier molecular flexibility index (Phi) is 12.3. The van der Waals surface area contributed by atoms with Crippen LogP contribution in [0.2, 0.25) is 0 Å². The number of benzene rings is 6. The molecule has 0 amide bonds. The molecule has 3 heterocycles. The molecule has 0 saturated heterocycles. The zero-order valence-corrected chi connectivity index (χ0v) is 45.0. The van der Waals surface area contributed by atoms with Gasteiger partial charge in [0.25, 0.3) is 0 Å². The van der Waals surface area contributed by atoms with Gasteiger partial charge in [-0.15, -0.1) is 47.0 Å². The molecule has 4 bridgehead atoms. The van der Waals surface area contributed by atoms with Crippen molar-refractivity contribution in [1.82, 2.24) is 9.55 Å². The van der Waals surface area contributed by atoms with E-state index >= 15 is 0 Å². The van der Waals surface area contributed by atoms with Gasteiger partial charge in [0.2, 0.25) is 0 Å². The van der Waals surface area contributed by atoms with Gasteiger partial charge in [0.1, 0.15) is 5.82 Å². The van der Waals surface area contributed by atoms with E-state index in [9.17, 15) is 0 Å². The zero-order chi connectivity index (χ0) is 48.2. The predicted molar refractivity (Wildman–Crippen MR) is 290 cm³/mol. The third-order valence-electron chi connectivity index (χ3n) is 16.8. The molecule has 0 atom stereocenters. The number of hydrogen-bond donors (Lipinski definition) is 0. The Bertz CT molecular complexity index is 3230. The fourth-order valence-electron chi connectivity index (χ4n) is 13.8. The number of pyridine rings is 1. The molecule has 0 unspecified atom stereocenters. The molecular formula is C64H66N5OPt-3. The Hall–Kier alpha value is -5.84. The Balaban J connectivity index is 0.00000547. The Morgan fingerprint density at radius 2 is 1.32 bits per heavy atom. The van der Waals surface area contributed by atoms with E-state index in [0.29, 0.717) is 41.1 Å². The number of ether oxygens (including phenoxy) is 1. The van der Waals surface area contributed by atoms with E-state index < -0.39 is 0 Å². The first-order chi connectivity index (χ1) is 33.8. The van der Waals surface area contributed by atoms with Crippen molar-refractivity contribution in [3.8, 4) is 28.4 Å². The largest absolute Gasteiger partial charge is 0.509 e. The number of hydrogen-bond acceptors (Lipinski definition) is 5. The van der Waals surface area contributed by atoms with Crippen LogP contribution in [0.5, 0.6) is 11.5 Å². The van der Waals surface area contributed by atoms with Crippen LogP contribution >= 0.6 is 0 Å². The third-order valence-corrected chi connectivity index (χ3v) is 16.8. The zero-order valence-electron chi connectivity index (χ0n) is 42.7. The summed E-state index contributed by atoms with van der Waals surface area (Å²) in [5, 5.41) is 2.29.